The van der Waals surface area contributed by atoms with Gasteiger partial charge in [0.25, 0.3) is 0 Å². The third-order valence-corrected chi connectivity index (χ3v) is 2.75. The monoisotopic (exact) mass is 254 g/mol. The molecular formula is C11H12ClFN4. The number of rotatable bonds is 4. The van der Waals surface area contributed by atoms with E-state index < -0.39 is 0 Å². The Morgan fingerprint density at radius 1 is 1.47 bits per heavy atom. The van der Waals surface area contributed by atoms with E-state index in [-0.39, 0.29) is 12.4 Å². The number of nitrogens with one attached hydrogen (secondary N) is 1. The maximum Gasteiger partial charge on any atom is 0.141 e. The summed E-state index contributed by atoms with van der Waals surface area (Å²) in [6.45, 7) is 0.856. The summed E-state index contributed by atoms with van der Waals surface area (Å²) in [5, 5.41) is 7.43. The van der Waals surface area contributed by atoms with Crippen LogP contribution in [0.3, 0.4) is 0 Å². The van der Waals surface area contributed by atoms with E-state index in [0.717, 1.165) is 5.82 Å². The highest BCUT2D eigenvalue weighted by molar-refractivity contribution is 6.31. The molecular weight excluding hydrogens is 243 g/mol. The molecule has 0 atom stereocenters. The van der Waals surface area contributed by atoms with Gasteiger partial charge in [-0.05, 0) is 19.2 Å². The molecule has 0 bridgehead atoms. The fourth-order valence-corrected chi connectivity index (χ4v) is 1.77. The third kappa shape index (κ3) is 2.62. The lowest BCUT2D eigenvalue weighted by Crippen LogP contribution is -2.14. The van der Waals surface area contributed by atoms with Crippen molar-refractivity contribution in [2.75, 3.05) is 7.05 Å². The molecule has 1 aromatic heterocycles. The first-order valence-corrected chi connectivity index (χ1v) is 5.54. The van der Waals surface area contributed by atoms with E-state index in [4.69, 9.17) is 11.6 Å². The molecule has 2 aromatic rings. The normalized spacial score (nSPS) is 10.8. The quantitative estimate of drug-likeness (QED) is 0.905. The zero-order chi connectivity index (χ0) is 12.3. The summed E-state index contributed by atoms with van der Waals surface area (Å²) in [4.78, 5) is 4.09. The smallest absolute Gasteiger partial charge is 0.141 e. The Hall–Kier alpha value is -1.46. The Morgan fingerprint density at radius 3 is 3.00 bits per heavy atom. The van der Waals surface area contributed by atoms with Gasteiger partial charge in [-0.1, -0.05) is 17.7 Å². The zero-order valence-electron chi connectivity index (χ0n) is 9.32. The molecule has 0 aliphatic heterocycles. The van der Waals surface area contributed by atoms with Crippen molar-refractivity contribution in [2.24, 2.45) is 0 Å². The van der Waals surface area contributed by atoms with Crippen molar-refractivity contribution in [3.63, 3.8) is 0 Å². The number of aromatic nitrogens is 3. The molecule has 0 saturated heterocycles. The van der Waals surface area contributed by atoms with Gasteiger partial charge >= 0.3 is 0 Å². The van der Waals surface area contributed by atoms with Gasteiger partial charge in [-0.25, -0.2) is 14.1 Å². The Morgan fingerprint density at radius 2 is 2.29 bits per heavy atom. The number of nitrogens with zero attached hydrogens (tertiary/aromatic N) is 3. The first-order chi connectivity index (χ1) is 8.22. The molecule has 0 aliphatic carbocycles. The van der Waals surface area contributed by atoms with Crippen LogP contribution < -0.4 is 5.32 Å². The number of hydrogen-bond acceptors (Lipinski definition) is 3. The van der Waals surface area contributed by atoms with Crippen LogP contribution in [0.4, 0.5) is 4.39 Å². The van der Waals surface area contributed by atoms with Gasteiger partial charge in [0.1, 0.15) is 18.0 Å². The SMILES string of the molecule is CNCc1ncnn1Cc1c(F)cccc1Cl. The van der Waals surface area contributed by atoms with Gasteiger partial charge < -0.3 is 5.32 Å². The predicted molar refractivity (Wildman–Crippen MR) is 63.3 cm³/mol. The average Bonchev–Trinajstić information content (AvgIpc) is 2.72. The van der Waals surface area contributed by atoms with Crippen molar-refractivity contribution in [3.05, 3.63) is 46.8 Å². The minimum atomic E-state index is -0.330. The van der Waals surface area contributed by atoms with Gasteiger partial charge in [0.2, 0.25) is 0 Å². The predicted octanol–water partition coefficient (Wildman–Crippen LogP) is 1.84. The molecule has 4 nitrogen and oxygen atoms in total. The average molecular weight is 255 g/mol. The molecule has 2 rings (SSSR count). The van der Waals surface area contributed by atoms with Crippen molar-refractivity contribution in [1.82, 2.24) is 20.1 Å². The number of hydrogen-bond donors (Lipinski definition) is 1. The van der Waals surface area contributed by atoms with Crippen LogP contribution in [-0.2, 0) is 13.1 Å². The highest BCUT2D eigenvalue weighted by Gasteiger charge is 2.10. The standard InChI is InChI=1S/C11H12ClFN4/c1-14-5-11-15-7-16-17(11)6-8-9(12)3-2-4-10(8)13/h2-4,7,14H,5-6H2,1H3. The van der Waals surface area contributed by atoms with Crippen LogP contribution in [0.1, 0.15) is 11.4 Å². The van der Waals surface area contributed by atoms with E-state index in [1.807, 2.05) is 7.05 Å². The van der Waals surface area contributed by atoms with Gasteiger partial charge in [-0.2, -0.15) is 5.10 Å². The van der Waals surface area contributed by atoms with E-state index in [1.54, 1.807) is 16.8 Å². The van der Waals surface area contributed by atoms with Crippen LogP contribution in [0.15, 0.2) is 24.5 Å². The fourth-order valence-electron chi connectivity index (χ4n) is 1.55. The summed E-state index contributed by atoms with van der Waals surface area (Å²) in [6, 6.07) is 4.63. The second-order valence-electron chi connectivity index (χ2n) is 3.56. The van der Waals surface area contributed by atoms with Crippen LogP contribution in [0.5, 0.6) is 0 Å². The van der Waals surface area contributed by atoms with Crippen molar-refractivity contribution in [2.45, 2.75) is 13.1 Å². The van der Waals surface area contributed by atoms with Crippen LogP contribution in [0.25, 0.3) is 0 Å². The van der Waals surface area contributed by atoms with Gasteiger partial charge in [0, 0.05) is 10.6 Å². The second kappa shape index (κ2) is 5.25. The first kappa shape index (κ1) is 12.0. The topological polar surface area (TPSA) is 42.7 Å². The van der Waals surface area contributed by atoms with Crippen LogP contribution in [-0.4, -0.2) is 21.8 Å². The van der Waals surface area contributed by atoms with E-state index in [1.165, 1.54) is 12.4 Å². The summed E-state index contributed by atoms with van der Waals surface area (Å²) in [6.07, 6.45) is 1.45. The van der Waals surface area contributed by atoms with Crippen molar-refractivity contribution in [3.8, 4) is 0 Å². The molecule has 0 spiro atoms. The van der Waals surface area contributed by atoms with E-state index in [0.29, 0.717) is 17.1 Å². The van der Waals surface area contributed by atoms with Gasteiger partial charge in [-0.15, -0.1) is 0 Å². The van der Waals surface area contributed by atoms with Crippen LogP contribution in [0.2, 0.25) is 5.02 Å². The summed E-state index contributed by atoms with van der Waals surface area (Å²) in [5.74, 6) is 0.412. The number of halogens is 2. The van der Waals surface area contributed by atoms with Gasteiger partial charge in [0.05, 0.1) is 13.1 Å². The van der Waals surface area contributed by atoms with Gasteiger partial charge in [-0.3, -0.25) is 0 Å². The molecule has 0 fully saturated rings. The van der Waals surface area contributed by atoms with Crippen LogP contribution in [0, 0.1) is 5.82 Å². The highest BCUT2D eigenvalue weighted by atomic mass is 35.5. The molecule has 6 heteroatoms. The van der Waals surface area contributed by atoms with E-state index in [2.05, 4.69) is 15.4 Å². The van der Waals surface area contributed by atoms with E-state index in [9.17, 15) is 4.39 Å². The summed E-state index contributed by atoms with van der Waals surface area (Å²) in [7, 11) is 1.81. The highest BCUT2D eigenvalue weighted by Crippen LogP contribution is 2.20. The van der Waals surface area contributed by atoms with Crippen molar-refractivity contribution in [1.29, 1.82) is 0 Å². The van der Waals surface area contributed by atoms with Crippen LogP contribution >= 0.6 is 11.6 Å². The Kier molecular flexibility index (Phi) is 3.71. The Balaban J connectivity index is 2.28. The van der Waals surface area contributed by atoms with Gasteiger partial charge in [0.15, 0.2) is 0 Å². The molecule has 0 radical (unpaired) electrons. The summed E-state index contributed by atoms with van der Waals surface area (Å²) in [5.41, 5.74) is 0.428. The zero-order valence-corrected chi connectivity index (χ0v) is 10.1. The lowest BCUT2D eigenvalue weighted by molar-refractivity contribution is 0.566. The molecule has 17 heavy (non-hydrogen) atoms. The summed E-state index contributed by atoms with van der Waals surface area (Å²) < 4.78 is 15.2. The minimum absolute atomic E-state index is 0.280. The molecule has 1 N–H and O–H groups in total. The van der Waals surface area contributed by atoms with Crippen molar-refractivity contribution < 1.29 is 4.39 Å². The Bertz CT molecular complexity index is 492. The molecule has 90 valence electrons. The molecule has 0 aliphatic rings. The largest absolute Gasteiger partial charge is 0.313 e. The molecule has 0 unspecified atom stereocenters. The molecule has 0 saturated carbocycles. The summed E-state index contributed by atoms with van der Waals surface area (Å²) >= 11 is 5.96. The van der Waals surface area contributed by atoms with Crippen molar-refractivity contribution >= 4 is 11.6 Å². The molecule has 1 aromatic carbocycles. The second-order valence-corrected chi connectivity index (χ2v) is 3.97. The minimum Gasteiger partial charge on any atom is -0.313 e. The molecule has 1 heterocycles. The first-order valence-electron chi connectivity index (χ1n) is 5.16. The lowest BCUT2D eigenvalue weighted by atomic mass is 10.2. The maximum atomic E-state index is 13.6. The Labute approximate surface area is 103 Å². The lowest BCUT2D eigenvalue weighted by Gasteiger charge is -2.08. The number of benzene rings is 1. The third-order valence-electron chi connectivity index (χ3n) is 2.40. The molecule has 0 amide bonds. The fraction of sp³-hybridized carbons (Fsp3) is 0.273. The maximum absolute atomic E-state index is 13.6. The van der Waals surface area contributed by atoms with E-state index >= 15 is 0 Å².